The maximum atomic E-state index is 5.98. The Labute approximate surface area is 92.7 Å². The van der Waals surface area contributed by atoms with Crippen molar-refractivity contribution in [2.24, 2.45) is 5.41 Å². The molecule has 2 bridgehead atoms. The summed E-state index contributed by atoms with van der Waals surface area (Å²) in [6, 6.07) is 0. The normalized spacial score (nSPS) is 41.0. The molecule has 3 saturated heterocycles. The smallest absolute Gasteiger partial charge is 0.230 e. The summed E-state index contributed by atoms with van der Waals surface area (Å²) in [6.07, 6.45) is 3.26. The van der Waals surface area contributed by atoms with Crippen molar-refractivity contribution in [3.05, 3.63) is 0 Å². The van der Waals surface area contributed by atoms with E-state index in [4.69, 9.17) is 9.47 Å². The molecule has 0 amide bonds. The van der Waals surface area contributed by atoms with Gasteiger partial charge in [-0.1, -0.05) is 20.8 Å². The first kappa shape index (κ1) is 11.4. The van der Waals surface area contributed by atoms with Gasteiger partial charge in [0.1, 0.15) is 0 Å². The quantitative estimate of drug-likeness (QED) is 0.714. The Balaban J connectivity index is 2.13. The lowest BCUT2D eigenvalue weighted by Crippen LogP contribution is -2.68. The molecule has 88 valence electrons. The molecule has 0 aliphatic carbocycles. The summed E-state index contributed by atoms with van der Waals surface area (Å²) in [7, 11) is 0. The molecule has 0 N–H and O–H groups in total. The molecule has 3 heteroatoms. The van der Waals surface area contributed by atoms with Gasteiger partial charge in [-0.15, -0.1) is 0 Å². The Kier molecular flexibility index (Phi) is 3.06. The van der Waals surface area contributed by atoms with Crippen LogP contribution < -0.4 is 0 Å². The standard InChI is InChI=1S/C12H23NO2/c1-4-6-12-13(7-5-2)8-11(3,9-14-12)10-15-12/h4-10H2,1-3H3. The van der Waals surface area contributed by atoms with E-state index >= 15 is 0 Å². The van der Waals surface area contributed by atoms with E-state index in [0.717, 1.165) is 45.6 Å². The fraction of sp³-hybridized carbons (Fsp3) is 1.00. The van der Waals surface area contributed by atoms with Crippen LogP contribution in [0.5, 0.6) is 0 Å². The minimum absolute atomic E-state index is 0.213. The van der Waals surface area contributed by atoms with Crippen molar-refractivity contribution in [1.82, 2.24) is 4.90 Å². The average Bonchev–Trinajstić information content (AvgIpc) is 2.21. The predicted molar refractivity (Wildman–Crippen MR) is 59.5 cm³/mol. The van der Waals surface area contributed by atoms with Gasteiger partial charge in [0, 0.05) is 24.9 Å². The molecule has 0 aromatic heterocycles. The molecule has 15 heavy (non-hydrogen) atoms. The fourth-order valence-electron chi connectivity index (χ4n) is 2.65. The van der Waals surface area contributed by atoms with Gasteiger partial charge in [0.05, 0.1) is 13.2 Å². The molecule has 0 saturated carbocycles. The topological polar surface area (TPSA) is 21.7 Å². The molecule has 0 atom stereocenters. The van der Waals surface area contributed by atoms with Gasteiger partial charge in [-0.2, -0.15) is 0 Å². The van der Waals surface area contributed by atoms with E-state index in [-0.39, 0.29) is 11.3 Å². The number of fused-ring (bicyclic) bond motifs is 3. The zero-order chi connectivity index (χ0) is 10.9. The van der Waals surface area contributed by atoms with Crippen molar-refractivity contribution >= 4 is 0 Å². The summed E-state index contributed by atoms with van der Waals surface area (Å²) in [5, 5.41) is 0. The van der Waals surface area contributed by atoms with E-state index in [9.17, 15) is 0 Å². The van der Waals surface area contributed by atoms with Gasteiger partial charge in [-0.05, 0) is 12.8 Å². The van der Waals surface area contributed by atoms with Gasteiger partial charge in [0.15, 0.2) is 0 Å². The van der Waals surface area contributed by atoms with Gasteiger partial charge < -0.3 is 9.47 Å². The summed E-state index contributed by atoms with van der Waals surface area (Å²) in [4.78, 5) is 2.39. The van der Waals surface area contributed by atoms with Crippen LogP contribution in [0.25, 0.3) is 0 Å². The molecular formula is C12H23NO2. The van der Waals surface area contributed by atoms with Gasteiger partial charge in [-0.25, -0.2) is 0 Å². The van der Waals surface area contributed by atoms with Crippen molar-refractivity contribution in [1.29, 1.82) is 0 Å². The number of nitrogens with zero attached hydrogens (tertiary/aromatic N) is 1. The first-order valence-electron chi connectivity index (χ1n) is 6.17. The highest BCUT2D eigenvalue weighted by Gasteiger charge is 2.52. The molecule has 0 unspecified atom stereocenters. The van der Waals surface area contributed by atoms with Crippen molar-refractivity contribution in [3.63, 3.8) is 0 Å². The second-order valence-electron chi connectivity index (χ2n) is 5.27. The monoisotopic (exact) mass is 213 g/mol. The maximum Gasteiger partial charge on any atom is 0.230 e. The predicted octanol–water partition coefficient (Wildman–Crippen LogP) is 2.22. The molecule has 3 aliphatic heterocycles. The van der Waals surface area contributed by atoms with Gasteiger partial charge in [0.25, 0.3) is 0 Å². The van der Waals surface area contributed by atoms with Crippen LogP contribution in [0.2, 0.25) is 0 Å². The lowest BCUT2D eigenvalue weighted by Gasteiger charge is -2.57. The van der Waals surface area contributed by atoms with Crippen LogP contribution in [-0.4, -0.2) is 37.1 Å². The SMILES string of the molecule is CCCN1CC2(C)COC1(CCC)OC2. The summed E-state index contributed by atoms with van der Waals surface area (Å²) in [5.41, 5.74) is 0.213. The van der Waals surface area contributed by atoms with Crippen LogP contribution in [0.15, 0.2) is 0 Å². The van der Waals surface area contributed by atoms with E-state index in [0.29, 0.717) is 0 Å². The second-order valence-corrected chi connectivity index (χ2v) is 5.27. The Morgan fingerprint density at radius 3 is 2.33 bits per heavy atom. The van der Waals surface area contributed by atoms with Gasteiger partial charge in [0.2, 0.25) is 5.91 Å². The van der Waals surface area contributed by atoms with Crippen LogP contribution in [0.1, 0.15) is 40.0 Å². The molecule has 0 aromatic rings. The molecule has 0 aromatic carbocycles. The molecule has 0 spiro atoms. The molecule has 3 aliphatic rings. The summed E-state index contributed by atoms with van der Waals surface area (Å²) in [6.45, 7) is 10.6. The number of hydrogen-bond donors (Lipinski definition) is 0. The van der Waals surface area contributed by atoms with Crippen molar-refractivity contribution in [2.45, 2.75) is 45.9 Å². The van der Waals surface area contributed by atoms with Crippen LogP contribution >= 0.6 is 0 Å². The Bertz CT molecular complexity index is 222. The van der Waals surface area contributed by atoms with Gasteiger partial charge in [-0.3, -0.25) is 4.90 Å². The highest BCUT2D eigenvalue weighted by atomic mass is 16.7. The molecular weight excluding hydrogens is 190 g/mol. The zero-order valence-electron chi connectivity index (χ0n) is 10.2. The number of ether oxygens (including phenoxy) is 2. The van der Waals surface area contributed by atoms with Crippen LogP contribution in [0.3, 0.4) is 0 Å². The fourth-order valence-corrected chi connectivity index (χ4v) is 2.65. The Morgan fingerprint density at radius 2 is 1.80 bits per heavy atom. The van der Waals surface area contributed by atoms with Crippen molar-refractivity contribution in [3.8, 4) is 0 Å². The summed E-state index contributed by atoms with van der Waals surface area (Å²) >= 11 is 0. The first-order chi connectivity index (χ1) is 7.14. The van der Waals surface area contributed by atoms with Crippen molar-refractivity contribution in [2.75, 3.05) is 26.3 Å². The molecule has 3 heterocycles. The lowest BCUT2D eigenvalue weighted by molar-refractivity contribution is -0.409. The van der Waals surface area contributed by atoms with Gasteiger partial charge >= 0.3 is 0 Å². The minimum Gasteiger partial charge on any atom is -0.336 e. The molecule has 3 rings (SSSR count). The summed E-state index contributed by atoms with van der Waals surface area (Å²) in [5.74, 6) is -0.386. The first-order valence-corrected chi connectivity index (χ1v) is 6.17. The van der Waals surface area contributed by atoms with E-state index in [1.54, 1.807) is 0 Å². The lowest BCUT2D eigenvalue weighted by atomic mass is 9.87. The Hall–Kier alpha value is -0.120. The zero-order valence-corrected chi connectivity index (χ0v) is 10.2. The number of hydrogen-bond acceptors (Lipinski definition) is 3. The van der Waals surface area contributed by atoms with E-state index in [2.05, 4.69) is 25.7 Å². The van der Waals surface area contributed by atoms with Crippen molar-refractivity contribution < 1.29 is 9.47 Å². The highest BCUT2D eigenvalue weighted by Crippen LogP contribution is 2.42. The number of rotatable bonds is 4. The highest BCUT2D eigenvalue weighted by molar-refractivity contribution is 4.92. The van der Waals surface area contributed by atoms with Crippen LogP contribution in [-0.2, 0) is 9.47 Å². The van der Waals surface area contributed by atoms with E-state index < -0.39 is 0 Å². The molecule has 0 radical (unpaired) electrons. The molecule has 3 fully saturated rings. The van der Waals surface area contributed by atoms with Crippen LogP contribution in [0.4, 0.5) is 0 Å². The summed E-state index contributed by atoms with van der Waals surface area (Å²) < 4.78 is 12.0. The maximum absolute atomic E-state index is 5.98. The largest absolute Gasteiger partial charge is 0.336 e. The minimum atomic E-state index is -0.386. The average molecular weight is 213 g/mol. The van der Waals surface area contributed by atoms with E-state index in [1.165, 1.54) is 0 Å². The molecule has 3 nitrogen and oxygen atoms in total. The van der Waals surface area contributed by atoms with Crippen LogP contribution in [0, 0.1) is 5.41 Å². The third kappa shape index (κ3) is 1.93. The second kappa shape index (κ2) is 4.04. The third-order valence-corrected chi connectivity index (χ3v) is 3.41. The Morgan fingerprint density at radius 1 is 1.13 bits per heavy atom. The third-order valence-electron chi connectivity index (χ3n) is 3.41. The van der Waals surface area contributed by atoms with E-state index in [1.807, 2.05) is 0 Å².